The van der Waals surface area contributed by atoms with Gasteiger partial charge in [-0.1, -0.05) is 13.8 Å². The molecule has 0 fully saturated rings. The van der Waals surface area contributed by atoms with Crippen molar-refractivity contribution in [3.8, 4) is 0 Å². The number of nitrogens with zero attached hydrogens (tertiary/aromatic N) is 4. The lowest BCUT2D eigenvalue weighted by molar-refractivity contribution is 0.102. The van der Waals surface area contributed by atoms with Crippen molar-refractivity contribution in [2.75, 3.05) is 17.7 Å². The van der Waals surface area contributed by atoms with Gasteiger partial charge in [-0.05, 0) is 6.92 Å². The third-order valence-corrected chi connectivity index (χ3v) is 3.28. The predicted molar refractivity (Wildman–Crippen MR) is 78.3 cm³/mol. The van der Waals surface area contributed by atoms with E-state index < -0.39 is 0 Å². The number of nitrogens with one attached hydrogen (secondary N) is 2. The maximum Gasteiger partial charge on any atom is 0.278 e. The fourth-order valence-corrected chi connectivity index (χ4v) is 2.10. The molecule has 2 rings (SSSR count). The summed E-state index contributed by atoms with van der Waals surface area (Å²) < 4.78 is 4.02. The van der Waals surface area contributed by atoms with Crippen molar-refractivity contribution < 1.29 is 4.79 Å². The van der Waals surface area contributed by atoms with Gasteiger partial charge in [0.2, 0.25) is 5.13 Å². The van der Waals surface area contributed by atoms with Crippen LogP contribution in [0, 0.1) is 6.92 Å². The average Bonchev–Trinajstić information content (AvgIpc) is 2.83. The van der Waals surface area contributed by atoms with Gasteiger partial charge in [0.25, 0.3) is 5.91 Å². The van der Waals surface area contributed by atoms with Gasteiger partial charge in [0, 0.05) is 24.5 Å². The quantitative estimate of drug-likeness (QED) is 0.896. The lowest BCUT2D eigenvalue weighted by Crippen LogP contribution is -2.17. The number of carbonyl (C=O) groups excluding carboxylic acids is 1. The van der Waals surface area contributed by atoms with E-state index in [0.29, 0.717) is 28.2 Å². The number of aryl methyl sites for hydroxylation is 1. The van der Waals surface area contributed by atoms with Crippen molar-refractivity contribution >= 4 is 28.3 Å². The van der Waals surface area contributed by atoms with Crippen LogP contribution in [0.1, 0.15) is 41.9 Å². The second-order valence-corrected chi connectivity index (χ2v) is 5.25. The number of aromatic nitrogens is 4. The zero-order valence-electron chi connectivity index (χ0n) is 11.8. The van der Waals surface area contributed by atoms with Crippen LogP contribution >= 0.6 is 11.5 Å². The Morgan fingerprint density at radius 2 is 2.10 bits per heavy atom. The molecular formula is C12H16N6OS. The van der Waals surface area contributed by atoms with Crippen LogP contribution in [0.15, 0.2) is 6.20 Å². The summed E-state index contributed by atoms with van der Waals surface area (Å²) >= 11 is 1.14. The van der Waals surface area contributed by atoms with E-state index in [1.54, 1.807) is 20.2 Å². The lowest BCUT2D eigenvalue weighted by Gasteiger charge is -2.10. The van der Waals surface area contributed by atoms with Crippen LogP contribution < -0.4 is 10.6 Å². The number of hydrogen-bond donors (Lipinski definition) is 2. The van der Waals surface area contributed by atoms with Crippen LogP contribution in [0.3, 0.4) is 0 Å². The highest BCUT2D eigenvalue weighted by molar-refractivity contribution is 7.09. The molecule has 0 aliphatic heterocycles. The first-order valence-electron chi connectivity index (χ1n) is 6.17. The lowest BCUT2D eigenvalue weighted by atomic mass is 10.2. The highest BCUT2D eigenvalue weighted by Gasteiger charge is 2.17. The summed E-state index contributed by atoms with van der Waals surface area (Å²) in [6, 6.07) is 0. The fraction of sp³-hybridized carbons (Fsp3) is 0.417. The maximum atomic E-state index is 12.3. The summed E-state index contributed by atoms with van der Waals surface area (Å²) in [7, 11) is 1.72. The van der Waals surface area contributed by atoms with E-state index in [2.05, 4.69) is 30.0 Å². The van der Waals surface area contributed by atoms with E-state index in [0.717, 1.165) is 11.5 Å². The molecule has 8 heteroatoms. The van der Waals surface area contributed by atoms with Gasteiger partial charge in [0.1, 0.15) is 11.6 Å². The maximum absolute atomic E-state index is 12.3. The van der Waals surface area contributed by atoms with Crippen LogP contribution in [0.25, 0.3) is 0 Å². The van der Waals surface area contributed by atoms with Crippen LogP contribution in [-0.4, -0.2) is 32.3 Å². The third-order valence-electron chi connectivity index (χ3n) is 2.56. The zero-order chi connectivity index (χ0) is 14.7. The van der Waals surface area contributed by atoms with E-state index in [-0.39, 0.29) is 11.8 Å². The molecule has 0 saturated carbocycles. The third kappa shape index (κ3) is 3.08. The molecule has 2 aromatic heterocycles. The molecule has 1 amide bonds. The molecule has 7 nitrogen and oxygen atoms in total. The second kappa shape index (κ2) is 5.91. The van der Waals surface area contributed by atoms with E-state index in [1.807, 2.05) is 13.8 Å². The van der Waals surface area contributed by atoms with Crippen molar-refractivity contribution in [1.82, 2.24) is 19.3 Å². The molecular weight excluding hydrogens is 276 g/mol. The number of rotatable bonds is 4. The van der Waals surface area contributed by atoms with E-state index in [4.69, 9.17) is 0 Å². The molecule has 2 aromatic rings. The summed E-state index contributed by atoms with van der Waals surface area (Å²) in [4.78, 5) is 24.9. The number of hydrogen-bond acceptors (Lipinski definition) is 7. The average molecular weight is 292 g/mol. The van der Waals surface area contributed by atoms with Gasteiger partial charge in [0.05, 0.1) is 11.9 Å². The summed E-state index contributed by atoms with van der Waals surface area (Å²) in [6.45, 7) is 5.72. The number of amides is 1. The Hall–Kier alpha value is -2.09. The van der Waals surface area contributed by atoms with Crippen LogP contribution in [0.4, 0.5) is 10.8 Å². The van der Waals surface area contributed by atoms with Gasteiger partial charge < -0.3 is 5.32 Å². The Balaban J connectivity index is 2.29. The van der Waals surface area contributed by atoms with Crippen LogP contribution in [0.5, 0.6) is 0 Å². The molecule has 0 unspecified atom stereocenters. The minimum Gasteiger partial charge on any atom is -0.385 e. The van der Waals surface area contributed by atoms with Crippen molar-refractivity contribution in [2.45, 2.75) is 26.7 Å². The summed E-state index contributed by atoms with van der Waals surface area (Å²) in [5.41, 5.74) is 0.882. The topological polar surface area (TPSA) is 92.7 Å². The molecule has 0 saturated heterocycles. The fourth-order valence-electron chi connectivity index (χ4n) is 1.53. The Morgan fingerprint density at radius 3 is 2.65 bits per heavy atom. The largest absolute Gasteiger partial charge is 0.385 e. The minimum absolute atomic E-state index is 0.149. The highest BCUT2D eigenvalue weighted by Crippen LogP contribution is 2.18. The van der Waals surface area contributed by atoms with Crippen LogP contribution in [0.2, 0.25) is 0 Å². The highest BCUT2D eigenvalue weighted by atomic mass is 32.1. The molecule has 106 valence electrons. The Morgan fingerprint density at radius 1 is 1.35 bits per heavy atom. The first-order chi connectivity index (χ1) is 9.51. The second-order valence-electron chi connectivity index (χ2n) is 4.50. The molecule has 20 heavy (non-hydrogen) atoms. The molecule has 0 aromatic carbocycles. The Kier molecular flexibility index (Phi) is 4.23. The van der Waals surface area contributed by atoms with Gasteiger partial charge in [0.15, 0.2) is 5.69 Å². The monoisotopic (exact) mass is 292 g/mol. The van der Waals surface area contributed by atoms with Crippen LogP contribution in [-0.2, 0) is 0 Å². The molecule has 0 aliphatic rings. The smallest absolute Gasteiger partial charge is 0.278 e. The van der Waals surface area contributed by atoms with E-state index in [1.165, 1.54) is 0 Å². The normalized spacial score (nSPS) is 10.7. The van der Waals surface area contributed by atoms with Gasteiger partial charge in [-0.3, -0.25) is 10.1 Å². The number of carbonyl (C=O) groups is 1. The summed E-state index contributed by atoms with van der Waals surface area (Å²) in [5.74, 6) is 1.08. The standard InChI is InChI=1S/C12H16N6OS/c1-6(2)10-14-5-8(13-4)9(16-10)11(19)17-12-15-7(3)18-20-12/h5-6,13H,1-4H3,(H,15,17,18,19). The molecule has 0 radical (unpaired) electrons. The van der Waals surface area contributed by atoms with Gasteiger partial charge in [-0.25, -0.2) is 15.0 Å². The van der Waals surface area contributed by atoms with E-state index >= 15 is 0 Å². The zero-order valence-corrected chi connectivity index (χ0v) is 12.6. The van der Waals surface area contributed by atoms with Gasteiger partial charge in [-0.15, -0.1) is 0 Å². The summed E-state index contributed by atoms with van der Waals surface area (Å²) in [6.07, 6.45) is 1.61. The minimum atomic E-state index is -0.324. The number of anilines is 2. The van der Waals surface area contributed by atoms with E-state index in [9.17, 15) is 4.79 Å². The van der Waals surface area contributed by atoms with Crippen molar-refractivity contribution in [1.29, 1.82) is 0 Å². The Labute approximate surface area is 121 Å². The van der Waals surface area contributed by atoms with Crippen molar-refractivity contribution in [3.63, 3.8) is 0 Å². The van der Waals surface area contributed by atoms with Gasteiger partial charge >= 0.3 is 0 Å². The SMILES string of the molecule is CNc1cnc(C(C)C)nc1C(=O)Nc1nc(C)ns1. The first kappa shape index (κ1) is 14.3. The Bertz CT molecular complexity index is 624. The van der Waals surface area contributed by atoms with Crippen molar-refractivity contribution in [2.24, 2.45) is 0 Å². The first-order valence-corrected chi connectivity index (χ1v) is 6.95. The molecule has 2 N–H and O–H groups in total. The van der Waals surface area contributed by atoms with Crippen molar-refractivity contribution in [3.05, 3.63) is 23.5 Å². The predicted octanol–water partition coefficient (Wildman–Crippen LogP) is 2.05. The molecule has 0 aliphatic carbocycles. The molecule has 0 atom stereocenters. The molecule has 2 heterocycles. The molecule has 0 bridgehead atoms. The van der Waals surface area contributed by atoms with Gasteiger partial charge in [-0.2, -0.15) is 4.37 Å². The molecule has 0 spiro atoms. The summed E-state index contributed by atoms with van der Waals surface area (Å²) in [5, 5.41) is 6.07.